The standard InChI is InChI=1S/C21H22F3N/c1-25-13-18-15-8-5-9-19(21(22,23)24)16(15)10-11-17(18)20(25)12-14-6-3-2-4-7-14/h2-9,17-18,20H,10-13H2,1H3/t17?,18-,20-/m1/s1. The molecular formula is C21H22F3N. The first-order valence-corrected chi connectivity index (χ1v) is 8.88. The van der Waals surface area contributed by atoms with Gasteiger partial charge in [0.25, 0.3) is 0 Å². The summed E-state index contributed by atoms with van der Waals surface area (Å²) in [7, 11) is 2.11. The SMILES string of the molecule is CN1C[C@@H]2c3cccc(C(F)(F)F)c3CCC2[C@H]1Cc1ccccc1. The molecule has 4 rings (SSSR count). The highest BCUT2D eigenvalue weighted by Gasteiger charge is 2.45. The number of fused-ring (bicyclic) bond motifs is 3. The fraction of sp³-hybridized carbons (Fsp3) is 0.429. The van der Waals surface area contributed by atoms with Crippen molar-refractivity contribution in [2.45, 2.75) is 37.4 Å². The Kier molecular flexibility index (Phi) is 4.11. The van der Waals surface area contributed by atoms with E-state index in [0.29, 0.717) is 23.9 Å². The van der Waals surface area contributed by atoms with Gasteiger partial charge >= 0.3 is 6.18 Å². The van der Waals surface area contributed by atoms with E-state index in [1.54, 1.807) is 6.07 Å². The predicted molar refractivity (Wildman–Crippen MR) is 92.6 cm³/mol. The van der Waals surface area contributed by atoms with Gasteiger partial charge in [-0.2, -0.15) is 13.2 Å². The van der Waals surface area contributed by atoms with E-state index in [9.17, 15) is 13.2 Å². The minimum absolute atomic E-state index is 0.213. The van der Waals surface area contributed by atoms with E-state index in [2.05, 4.69) is 24.1 Å². The van der Waals surface area contributed by atoms with Gasteiger partial charge in [0.1, 0.15) is 0 Å². The number of benzene rings is 2. The molecule has 3 atom stereocenters. The summed E-state index contributed by atoms with van der Waals surface area (Å²) in [6.07, 6.45) is -1.92. The third-order valence-electron chi connectivity index (χ3n) is 5.99. The van der Waals surface area contributed by atoms with E-state index < -0.39 is 11.7 Å². The average Bonchev–Trinajstić information content (AvgIpc) is 2.90. The zero-order chi connectivity index (χ0) is 17.6. The molecule has 0 saturated carbocycles. The van der Waals surface area contributed by atoms with Crippen molar-refractivity contribution in [3.05, 3.63) is 70.8 Å². The average molecular weight is 345 g/mol. The number of hydrogen-bond donors (Lipinski definition) is 0. The summed E-state index contributed by atoms with van der Waals surface area (Å²) in [4.78, 5) is 2.34. The number of halogens is 3. The second-order valence-electron chi connectivity index (χ2n) is 7.38. The van der Waals surface area contributed by atoms with Crippen LogP contribution < -0.4 is 0 Å². The number of rotatable bonds is 2. The highest BCUT2D eigenvalue weighted by atomic mass is 19.4. The molecule has 25 heavy (non-hydrogen) atoms. The molecule has 1 unspecified atom stereocenters. The quantitative estimate of drug-likeness (QED) is 0.748. The highest BCUT2D eigenvalue weighted by Crippen LogP contribution is 2.47. The maximum absolute atomic E-state index is 13.4. The van der Waals surface area contributed by atoms with Crippen LogP contribution in [0.1, 0.15) is 34.6 Å². The topological polar surface area (TPSA) is 3.24 Å². The van der Waals surface area contributed by atoms with Crippen molar-refractivity contribution in [1.29, 1.82) is 0 Å². The van der Waals surface area contributed by atoms with Crippen molar-refractivity contribution < 1.29 is 13.2 Å². The summed E-state index contributed by atoms with van der Waals surface area (Å²) < 4.78 is 40.1. The van der Waals surface area contributed by atoms with Gasteiger partial charge < -0.3 is 4.90 Å². The van der Waals surface area contributed by atoms with Gasteiger partial charge in [0.2, 0.25) is 0 Å². The van der Waals surface area contributed by atoms with Crippen molar-refractivity contribution in [2.75, 3.05) is 13.6 Å². The van der Waals surface area contributed by atoms with Crippen LogP contribution >= 0.6 is 0 Å². The number of likely N-dealkylation sites (tertiary alicyclic amines) is 1. The Morgan fingerprint density at radius 2 is 1.80 bits per heavy atom. The maximum atomic E-state index is 13.4. The normalized spacial score (nSPS) is 26.3. The molecule has 4 heteroatoms. The molecule has 1 aliphatic heterocycles. The Labute approximate surface area is 146 Å². The molecule has 1 saturated heterocycles. The highest BCUT2D eigenvalue weighted by molar-refractivity contribution is 5.42. The molecule has 1 heterocycles. The lowest BCUT2D eigenvalue weighted by Gasteiger charge is -2.33. The summed E-state index contributed by atoms with van der Waals surface area (Å²) in [5.74, 6) is 0.644. The zero-order valence-corrected chi connectivity index (χ0v) is 14.3. The first-order valence-electron chi connectivity index (χ1n) is 8.88. The van der Waals surface area contributed by atoms with Gasteiger partial charge in [0.15, 0.2) is 0 Å². The summed E-state index contributed by atoms with van der Waals surface area (Å²) in [6, 6.07) is 15.5. The summed E-state index contributed by atoms with van der Waals surface area (Å²) >= 11 is 0. The summed E-state index contributed by atoms with van der Waals surface area (Å²) in [5.41, 5.74) is 2.32. The lowest BCUT2D eigenvalue weighted by molar-refractivity contribution is -0.138. The van der Waals surface area contributed by atoms with Crippen LogP contribution in [0.2, 0.25) is 0 Å². The van der Waals surface area contributed by atoms with E-state index in [0.717, 1.165) is 24.9 Å². The Balaban J connectivity index is 1.65. The molecule has 0 N–H and O–H groups in total. The largest absolute Gasteiger partial charge is 0.416 e. The number of nitrogens with zero attached hydrogens (tertiary/aromatic N) is 1. The fourth-order valence-corrected chi connectivity index (χ4v) is 4.87. The van der Waals surface area contributed by atoms with Crippen LogP contribution in [-0.2, 0) is 19.0 Å². The van der Waals surface area contributed by atoms with Crippen molar-refractivity contribution in [3.8, 4) is 0 Å². The van der Waals surface area contributed by atoms with Crippen LogP contribution in [0.15, 0.2) is 48.5 Å². The summed E-state index contributed by atoms with van der Waals surface area (Å²) in [6.45, 7) is 0.844. The van der Waals surface area contributed by atoms with Gasteiger partial charge in [-0.05, 0) is 55.0 Å². The zero-order valence-electron chi connectivity index (χ0n) is 14.3. The number of hydrogen-bond acceptors (Lipinski definition) is 1. The van der Waals surface area contributed by atoms with E-state index in [1.807, 2.05) is 24.3 Å². The molecule has 1 nitrogen and oxygen atoms in total. The van der Waals surface area contributed by atoms with Crippen LogP contribution in [0, 0.1) is 5.92 Å². The van der Waals surface area contributed by atoms with E-state index in [1.165, 1.54) is 11.6 Å². The van der Waals surface area contributed by atoms with Gasteiger partial charge in [0.05, 0.1) is 5.56 Å². The van der Waals surface area contributed by atoms with Crippen LogP contribution in [0.4, 0.5) is 13.2 Å². The molecule has 132 valence electrons. The third-order valence-corrected chi connectivity index (χ3v) is 5.99. The lowest BCUT2D eigenvalue weighted by atomic mass is 9.72. The smallest absolute Gasteiger partial charge is 0.302 e. The molecular weight excluding hydrogens is 323 g/mol. The molecule has 2 aromatic rings. The Morgan fingerprint density at radius 1 is 1.04 bits per heavy atom. The van der Waals surface area contributed by atoms with Crippen LogP contribution in [0.25, 0.3) is 0 Å². The molecule has 0 amide bonds. The molecule has 0 radical (unpaired) electrons. The fourth-order valence-electron chi connectivity index (χ4n) is 4.87. The molecule has 0 bridgehead atoms. The molecule has 0 aromatic heterocycles. The van der Waals surface area contributed by atoms with Crippen molar-refractivity contribution in [1.82, 2.24) is 4.90 Å². The second-order valence-corrected chi connectivity index (χ2v) is 7.38. The van der Waals surface area contributed by atoms with Crippen molar-refractivity contribution >= 4 is 0 Å². The molecule has 2 aliphatic rings. The van der Waals surface area contributed by atoms with Gasteiger partial charge in [-0.3, -0.25) is 0 Å². The lowest BCUT2D eigenvalue weighted by Crippen LogP contribution is -2.33. The van der Waals surface area contributed by atoms with Gasteiger partial charge in [-0.25, -0.2) is 0 Å². The van der Waals surface area contributed by atoms with Crippen LogP contribution in [0.5, 0.6) is 0 Å². The monoisotopic (exact) mass is 345 g/mol. The molecule has 1 fully saturated rings. The van der Waals surface area contributed by atoms with E-state index in [-0.39, 0.29) is 5.92 Å². The van der Waals surface area contributed by atoms with Crippen LogP contribution in [0.3, 0.4) is 0 Å². The van der Waals surface area contributed by atoms with Gasteiger partial charge in [-0.15, -0.1) is 0 Å². The number of likely N-dealkylation sites (N-methyl/N-ethyl adjacent to an activating group) is 1. The van der Waals surface area contributed by atoms with E-state index in [4.69, 9.17) is 0 Å². The van der Waals surface area contributed by atoms with Crippen molar-refractivity contribution in [2.24, 2.45) is 5.92 Å². The van der Waals surface area contributed by atoms with E-state index >= 15 is 0 Å². The third kappa shape index (κ3) is 2.97. The van der Waals surface area contributed by atoms with Crippen LogP contribution in [-0.4, -0.2) is 24.5 Å². The second kappa shape index (κ2) is 6.17. The van der Waals surface area contributed by atoms with Crippen molar-refractivity contribution in [3.63, 3.8) is 0 Å². The Hall–Kier alpha value is -1.81. The minimum Gasteiger partial charge on any atom is -0.302 e. The first-order chi connectivity index (χ1) is 11.9. The molecule has 0 spiro atoms. The van der Waals surface area contributed by atoms with Gasteiger partial charge in [-0.1, -0.05) is 42.5 Å². The first kappa shape index (κ1) is 16.6. The number of alkyl halides is 3. The minimum atomic E-state index is -4.26. The molecule has 1 aliphatic carbocycles. The van der Waals surface area contributed by atoms with Gasteiger partial charge in [0, 0.05) is 18.5 Å². The Morgan fingerprint density at radius 3 is 2.52 bits per heavy atom. The molecule has 2 aromatic carbocycles. The predicted octanol–water partition coefficient (Wildman–Crippen LogP) is 4.91. The Bertz CT molecular complexity index is 753. The summed E-state index contributed by atoms with van der Waals surface area (Å²) in [5, 5.41) is 0. The maximum Gasteiger partial charge on any atom is 0.416 e.